The maximum atomic E-state index is 12.6. The van der Waals surface area contributed by atoms with Gasteiger partial charge in [0.2, 0.25) is 0 Å². The van der Waals surface area contributed by atoms with E-state index in [-0.39, 0.29) is 11.9 Å². The van der Waals surface area contributed by atoms with E-state index in [4.69, 9.17) is 15.2 Å². The molecule has 10 heteroatoms. The Labute approximate surface area is 181 Å². The first-order chi connectivity index (χ1) is 15.1. The van der Waals surface area contributed by atoms with E-state index in [0.717, 1.165) is 31.7 Å². The molecular weight excluding hydrogens is 398 g/mol. The molecule has 10 nitrogen and oxygen atoms in total. The number of nitrogens with two attached hydrogens (primary N) is 1. The Bertz CT molecular complexity index is 898. The van der Waals surface area contributed by atoms with Crippen molar-refractivity contribution in [3.05, 3.63) is 24.3 Å². The number of nitrogens with zero attached hydrogens (tertiary/aromatic N) is 5. The van der Waals surface area contributed by atoms with Crippen molar-refractivity contribution in [3.63, 3.8) is 0 Å². The number of amides is 1. The van der Waals surface area contributed by atoms with Crippen LogP contribution in [0.25, 0.3) is 0 Å². The van der Waals surface area contributed by atoms with Crippen molar-refractivity contribution in [3.8, 4) is 11.8 Å². The molecule has 0 unspecified atom stereocenters. The maximum absolute atomic E-state index is 12.6. The number of carbonyl (C=O) groups is 1. The van der Waals surface area contributed by atoms with Crippen LogP contribution in [-0.2, 0) is 0 Å². The number of rotatable bonds is 9. The fourth-order valence-corrected chi connectivity index (χ4v) is 3.51. The van der Waals surface area contributed by atoms with E-state index in [1.807, 2.05) is 6.92 Å². The third kappa shape index (κ3) is 5.71. The van der Waals surface area contributed by atoms with Crippen molar-refractivity contribution < 1.29 is 14.3 Å². The minimum Gasteiger partial charge on any atom is -0.488 e. The van der Waals surface area contributed by atoms with Gasteiger partial charge in [0.15, 0.2) is 11.6 Å². The minimum atomic E-state index is -0.178. The molecule has 2 aromatic rings. The van der Waals surface area contributed by atoms with Crippen molar-refractivity contribution in [2.45, 2.75) is 32.6 Å². The predicted molar refractivity (Wildman–Crippen MR) is 115 cm³/mol. The summed E-state index contributed by atoms with van der Waals surface area (Å²) in [6, 6.07) is 1.99. The maximum Gasteiger partial charge on any atom is 0.319 e. The van der Waals surface area contributed by atoms with Crippen LogP contribution >= 0.6 is 0 Å². The first-order valence-corrected chi connectivity index (χ1v) is 10.9. The van der Waals surface area contributed by atoms with E-state index < -0.39 is 0 Å². The lowest BCUT2D eigenvalue weighted by molar-refractivity contribution is 0.0945. The number of nitrogens with one attached hydrogen (secondary N) is 1. The average Bonchev–Trinajstić information content (AvgIpc) is 3.62. The van der Waals surface area contributed by atoms with Gasteiger partial charge in [-0.05, 0) is 44.4 Å². The Morgan fingerprint density at radius 1 is 1.19 bits per heavy atom. The van der Waals surface area contributed by atoms with Gasteiger partial charge < -0.3 is 25.4 Å². The van der Waals surface area contributed by atoms with Crippen LogP contribution in [0, 0.1) is 11.8 Å². The number of nitrogen functional groups attached to an aromatic ring is 1. The second kappa shape index (κ2) is 9.76. The van der Waals surface area contributed by atoms with Crippen molar-refractivity contribution in [1.29, 1.82) is 0 Å². The summed E-state index contributed by atoms with van der Waals surface area (Å²) in [5.41, 5.74) is 6.16. The van der Waals surface area contributed by atoms with Gasteiger partial charge in [-0.1, -0.05) is 0 Å². The van der Waals surface area contributed by atoms with Crippen molar-refractivity contribution >= 4 is 17.5 Å². The molecule has 0 bridgehead atoms. The number of piperidine rings is 1. The first kappa shape index (κ1) is 21.1. The highest BCUT2D eigenvalue weighted by molar-refractivity contribution is 5.93. The van der Waals surface area contributed by atoms with Crippen LogP contribution in [0.1, 0.15) is 43.1 Å². The number of aromatic nitrogens is 4. The zero-order valence-corrected chi connectivity index (χ0v) is 17.8. The number of ether oxygens (including phenoxy) is 2. The molecule has 1 aliphatic heterocycles. The lowest BCUT2D eigenvalue weighted by Crippen LogP contribution is -2.36. The first-order valence-electron chi connectivity index (χ1n) is 10.9. The Morgan fingerprint density at radius 3 is 2.71 bits per heavy atom. The molecule has 1 aliphatic carbocycles. The molecule has 1 amide bonds. The van der Waals surface area contributed by atoms with E-state index in [9.17, 15) is 4.79 Å². The number of hydrogen-bond acceptors (Lipinski definition) is 9. The molecule has 4 rings (SSSR count). The average molecular weight is 428 g/mol. The summed E-state index contributed by atoms with van der Waals surface area (Å²) in [5, 5.41) is 2.96. The smallest absolute Gasteiger partial charge is 0.319 e. The van der Waals surface area contributed by atoms with Gasteiger partial charge in [-0.3, -0.25) is 4.79 Å². The number of hydrogen-bond donors (Lipinski definition) is 2. The van der Waals surface area contributed by atoms with E-state index >= 15 is 0 Å². The molecule has 0 radical (unpaired) electrons. The normalized spacial score (nSPS) is 16.7. The molecule has 166 valence electrons. The van der Waals surface area contributed by atoms with Crippen LogP contribution in [-0.4, -0.2) is 58.7 Å². The van der Waals surface area contributed by atoms with Gasteiger partial charge in [0, 0.05) is 25.7 Å². The van der Waals surface area contributed by atoms with Gasteiger partial charge >= 0.3 is 6.01 Å². The molecule has 3 N–H and O–H groups in total. The molecule has 1 saturated heterocycles. The second-order valence-electron chi connectivity index (χ2n) is 7.99. The Balaban J connectivity index is 1.36. The summed E-state index contributed by atoms with van der Waals surface area (Å²) in [6.45, 7) is 5.19. The van der Waals surface area contributed by atoms with Crippen molar-refractivity contribution in [2.24, 2.45) is 11.8 Å². The summed E-state index contributed by atoms with van der Waals surface area (Å²) < 4.78 is 11.3. The van der Waals surface area contributed by atoms with E-state index in [2.05, 4.69) is 30.2 Å². The number of carbonyl (C=O) groups excluding carboxylic acids is 1. The molecule has 3 heterocycles. The molecule has 1 saturated carbocycles. The van der Waals surface area contributed by atoms with Crippen LogP contribution in [0.15, 0.2) is 18.6 Å². The SMILES string of the molecule is CCOc1nc(C(=O)NCC2CC2)cc(N2CCC(COc3cncnc3N)CC2)n1. The highest BCUT2D eigenvalue weighted by Gasteiger charge is 2.25. The molecular formula is C21H29N7O3. The summed E-state index contributed by atoms with van der Waals surface area (Å²) in [4.78, 5) is 31.4. The third-order valence-corrected chi connectivity index (χ3v) is 5.57. The van der Waals surface area contributed by atoms with Crippen LogP contribution in [0.3, 0.4) is 0 Å². The standard InChI is InChI=1S/C21H29N7O3/c1-2-30-21-26-16(20(29)24-10-14-3-4-14)9-18(27-21)28-7-5-15(6-8-28)12-31-17-11-23-13-25-19(17)22/h9,11,13-15H,2-8,10,12H2,1H3,(H,24,29)(H2,22,23,25). The summed E-state index contributed by atoms with van der Waals surface area (Å²) >= 11 is 0. The Morgan fingerprint density at radius 2 is 2.00 bits per heavy atom. The fraction of sp³-hybridized carbons (Fsp3) is 0.571. The summed E-state index contributed by atoms with van der Waals surface area (Å²) in [5.74, 6) is 2.41. The Hall–Kier alpha value is -3.17. The van der Waals surface area contributed by atoms with Crippen LogP contribution in [0.2, 0.25) is 0 Å². The molecule has 2 aromatic heterocycles. The van der Waals surface area contributed by atoms with Gasteiger partial charge in [-0.15, -0.1) is 0 Å². The van der Waals surface area contributed by atoms with E-state index in [0.29, 0.717) is 48.9 Å². The third-order valence-electron chi connectivity index (χ3n) is 5.57. The van der Waals surface area contributed by atoms with Gasteiger partial charge in [-0.2, -0.15) is 9.97 Å². The predicted octanol–water partition coefficient (Wildman–Crippen LogP) is 1.68. The Kier molecular flexibility index (Phi) is 6.63. The van der Waals surface area contributed by atoms with Gasteiger partial charge in [0.25, 0.3) is 5.91 Å². The van der Waals surface area contributed by atoms with E-state index in [1.165, 1.54) is 19.2 Å². The fourth-order valence-electron chi connectivity index (χ4n) is 3.51. The molecule has 2 aliphatic rings. The van der Waals surface area contributed by atoms with Gasteiger partial charge in [0.1, 0.15) is 17.8 Å². The lowest BCUT2D eigenvalue weighted by Gasteiger charge is -2.32. The quantitative estimate of drug-likeness (QED) is 0.614. The van der Waals surface area contributed by atoms with Crippen LogP contribution in [0.4, 0.5) is 11.6 Å². The lowest BCUT2D eigenvalue weighted by atomic mass is 9.98. The number of anilines is 2. The zero-order valence-electron chi connectivity index (χ0n) is 17.8. The zero-order chi connectivity index (χ0) is 21.6. The van der Waals surface area contributed by atoms with E-state index in [1.54, 1.807) is 12.3 Å². The summed E-state index contributed by atoms with van der Waals surface area (Å²) in [6.07, 6.45) is 7.22. The molecule has 0 spiro atoms. The van der Waals surface area contributed by atoms with Crippen molar-refractivity contribution in [1.82, 2.24) is 25.3 Å². The largest absolute Gasteiger partial charge is 0.488 e. The monoisotopic (exact) mass is 427 g/mol. The highest BCUT2D eigenvalue weighted by Crippen LogP contribution is 2.28. The summed E-state index contributed by atoms with van der Waals surface area (Å²) in [7, 11) is 0. The van der Waals surface area contributed by atoms with Crippen molar-refractivity contribution in [2.75, 3.05) is 43.5 Å². The molecule has 0 aromatic carbocycles. The minimum absolute atomic E-state index is 0.178. The highest BCUT2D eigenvalue weighted by atomic mass is 16.5. The molecule has 31 heavy (non-hydrogen) atoms. The molecule has 2 fully saturated rings. The van der Waals surface area contributed by atoms with Crippen LogP contribution < -0.4 is 25.4 Å². The molecule has 0 atom stereocenters. The second-order valence-corrected chi connectivity index (χ2v) is 7.99. The topological polar surface area (TPSA) is 128 Å². The van der Waals surface area contributed by atoms with Crippen LogP contribution in [0.5, 0.6) is 11.8 Å². The van der Waals surface area contributed by atoms with Gasteiger partial charge in [0.05, 0.1) is 19.4 Å². The van der Waals surface area contributed by atoms with Gasteiger partial charge in [-0.25, -0.2) is 9.97 Å².